The van der Waals surface area contributed by atoms with Gasteiger partial charge in [-0.25, -0.2) is 9.48 Å². The van der Waals surface area contributed by atoms with Gasteiger partial charge in [0.2, 0.25) is 0 Å². The van der Waals surface area contributed by atoms with Gasteiger partial charge >= 0.3 is 5.69 Å². The van der Waals surface area contributed by atoms with Crippen LogP contribution in [-0.2, 0) is 26.6 Å². The van der Waals surface area contributed by atoms with E-state index in [2.05, 4.69) is 29.4 Å². The molecule has 0 radical (unpaired) electrons. The number of benzene rings is 1. The van der Waals surface area contributed by atoms with E-state index < -0.39 is 0 Å². The van der Waals surface area contributed by atoms with Crippen LogP contribution in [0.3, 0.4) is 0 Å². The minimum absolute atomic E-state index is 0.00668. The van der Waals surface area contributed by atoms with Crippen LogP contribution in [0.2, 0.25) is 0 Å². The molecule has 8 nitrogen and oxygen atoms in total. The molecule has 0 spiro atoms. The molecule has 0 saturated heterocycles. The molecule has 1 unspecified atom stereocenters. The fourth-order valence-corrected chi connectivity index (χ4v) is 3.99. The number of carbonyl (C=O) groups is 1. The zero-order valence-electron chi connectivity index (χ0n) is 18.4. The number of fused-ring (bicyclic) bond motifs is 1. The number of amides is 1. The Balaban J connectivity index is 1.41. The summed E-state index contributed by atoms with van der Waals surface area (Å²) >= 11 is 0. The Morgan fingerprint density at radius 3 is 2.71 bits per heavy atom. The molecule has 31 heavy (non-hydrogen) atoms. The number of aryl methyl sites for hydroxylation is 3. The molecule has 1 aliphatic heterocycles. The van der Waals surface area contributed by atoms with Crippen LogP contribution in [0.5, 0.6) is 0 Å². The maximum Gasteiger partial charge on any atom is 0.345 e. The van der Waals surface area contributed by atoms with Crippen LogP contribution in [0, 0.1) is 5.92 Å². The van der Waals surface area contributed by atoms with E-state index in [0.717, 1.165) is 29.9 Å². The third-order valence-electron chi connectivity index (χ3n) is 5.85. The van der Waals surface area contributed by atoms with Gasteiger partial charge in [-0.1, -0.05) is 44.2 Å². The van der Waals surface area contributed by atoms with Gasteiger partial charge in [0.1, 0.15) is 11.5 Å². The first-order valence-corrected chi connectivity index (χ1v) is 11.0. The summed E-state index contributed by atoms with van der Waals surface area (Å²) in [5, 5.41) is 12.2. The van der Waals surface area contributed by atoms with E-state index in [4.69, 9.17) is 0 Å². The summed E-state index contributed by atoms with van der Waals surface area (Å²) < 4.78 is 4.98. The lowest BCUT2D eigenvalue weighted by Crippen LogP contribution is -2.36. The number of rotatable bonds is 6. The van der Waals surface area contributed by atoms with Crippen molar-refractivity contribution in [3.8, 4) is 11.3 Å². The van der Waals surface area contributed by atoms with Gasteiger partial charge in [-0.2, -0.15) is 10.2 Å². The fraction of sp³-hybridized carbons (Fsp3) is 0.478. The molecule has 4 rings (SSSR count). The molecular formula is C23H30N6O2. The SMILES string of the molecule is CC(C)CCn1nc2n(c1=O)CCC(NC(=O)c1cc(-c3ccccc3)nn1C)CC2. The molecule has 0 fully saturated rings. The van der Waals surface area contributed by atoms with Crippen LogP contribution in [0.15, 0.2) is 41.2 Å². The predicted octanol–water partition coefficient (Wildman–Crippen LogP) is 2.63. The van der Waals surface area contributed by atoms with Crippen molar-refractivity contribution in [2.75, 3.05) is 0 Å². The monoisotopic (exact) mass is 422 g/mol. The summed E-state index contributed by atoms with van der Waals surface area (Å²) in [6.07, 6.45) is 3.08. The van der Waals surface area contributed by atoms with E-state index in [0.29, 0.717) is 37.5 Å². The van der Waals surface area contributed by atoms with E-state index in [1.165, 1.54) is 0 Å². The van der Waals surface area contributed by atoms with Crippen LogP contribution in [0.25, 0.3) is 11.3 Å². The Morgan fingerprint density at radius 1 is 1.19 bits per heavy atom. The normalized spacial score (nSPS) is 16.2. The minimum Gasteiger partial charge on any atom is -0.348 e. The average molecular weight is 423 g/mol. The quantitative estimate of drug-likeness (QED) is 0.662. The lowest BCUT2D eigenvalue weighted by atomic mass is 10.1. The zero-order chi connectivity index (χ0) is 22.0. The second kappa shape index (κ2) is 8.91. The Morgan fingerprint density at radius 2 is 1.97 bits per heavy atom. The second-order valence-corrected chi connectivity index (χ2v) is 8.66. The van der Waals surface area contributed by atoms with Gasteiger partial charge < -0.3 is 5.32 Å². The van der Waals surface area contributed by atoms with Gasteiger partial charge in [-0.15, -0.1) is 0 Å². The topological polar surface area (TPSA) is 86.7 Å². The second-order valence-electron chi connectivity index (χ2n) is 8.66. The summed E-state index contributed by atoms with van der Waals surface area (Å²) in [6.45, 7) is 5.51. The number of nitrogens with zero attached hydrogens (tertiary/aromatic N) is 5. The molecule has 0 aliphatic carbocycles. The van der Waals surface area contributed by atoms with E-state index in [9.17, 15) is 9.59 Å². The average Bonchev–Trinajstić information content (AvgIpc) is 3.21. The third-order valence-corrected chi connectivity index (χ3v) is 5.85. The zero-order valence-corrected chi connectivity index (χ0v) is 18.4. The number of hydrogen-bond acceptors (Lipinski definition) is 4. The molecule has 3 heterocycles. The van der Waals surface area contributed by atoms with Crippen LogP contribution < -0.4 is 11.0 Å². The van der Waals surface area contributed by atoms with E-state index in [1.807, 2.05) is 36.4 Å². The molecular weight excluding hydrogens is 392 g/mol. The molecule has 1 aliphatic rings. The molecule has 0 saturated carbocycles. The Bertz CT molecular complexity index is 1110. The maximum absolute atomic E-state index is 12.9. The Hall–Kier alpha value is -3.16. The van der Waals surface area contributed by atoms with Gasteiger partial charge in [0.15, 0.2) is 0 Å². The minimum atomic E-state index is -0.143. The van der Waals surface area contributed by atoms with E-state index >= 15 is 0 Å². The van der Waals surface area contributed by atoms with Crippen LogP contribution in [-0.4, -0.2) is 36.1 Å². The highest BCUT2D eigenvalue weighted by atomic mass is 16.2. The number of nitrogens with one attached hydrogen (secondary N) is 1. The standard InChI is InChI=1S/C23H30N6O2/c1-16(2)11-14-29-23(31)28-13-12-18(9-10-21(28)26-29)24-22(30)20-15-19(25-27(20)3)17-7-5-4-6-8-17/h4-8,15-16,18H,9-14H2,1-3H3,(H,24,30). The smallest absolute Gasteiger partial charge is 0.345 e. The Labute approximate surface area is 181 Å². The van der Waals surface area contributed by atoms with Crippen LogP contribution in [0.4, 0.5) is 0 Å². The van der Waals surface area contributed by atoms with Crippen molar-refractivity contribution in [2.45, 2.75) is 58.7 Å². The van der Waals surface area contributed by atoms with Crippen molar-refractivity contribution < 1.29 is 4.79 Å². The van der Waals surface area contributed by atoms with Gasteiger partial charge in [0.05, 0.1) is 5.69 Å². The van der Waals surface area contributed by atoms with Gasteiger partial charge in [0, 0.05) is 38.2 Å². The molecule has 164 valence electrons. The summed E-state index contributed by atoms with van der Waals surface area (Å²) in [4.78, 5) is 25.6. The Kier molecular flexibility index (Phi) is 6.06. The molecule has 1 atom stereocenters. The summed E-state index contributed by atoms with van der Waals surface area (Å²) in [7, 11) is 1.78. The van der Waals surface area contributed by atoms with Crippen molar-refractivity contribution in [3.05, 3.63) is 58.4 Å². The lowest BCUT2D eigenvalue weighted by Gasteiger charge is -2.16. The van der Waals surface area contributed by atoms with Crippen molar-refractivity contribution >= 4 is 5.91 Å². The van der Waals surface area contributed by atoms with E-state index in [1.54, 1.807) is 21.0 Å². The van der Waals surface area contributed by atoms with Crippen molar-refractivity contribution in [3.63, 3.8) is 0 Å². The van der Waals surface area contributed by atoms with Crippen molar-refractivity contribution in [1.82, 2.24) is 29.4 Å². The summed E-state index contributed by atoms with van der Waals surface area (Å²) in [6, 6.07) is 11.6. The molecule has 1 N–H and O–H groups in total. The predicted molar refractivity (Wildman–Crippen MR) is 119 cm³/mol. The van der Waals surface area contributed by atoms with Gasteiger partial charge in [-0.05, 0) is 31.2 Å². The highest BCUT2D eigenvalue weighted by Crippen LogP contribution is 2.19. The first kappa shape index (κ1) is 21.1. The third kappa shape index (κ3) is 4.62. The molecule has 0 bridgehead atoms. The summed E-state index contributed by atoms with van der Waals surface area (Å²) in [5.41, 5.74) is 2.24. The number of carbonyl (C=O) groups excluding carboxylic acids is 1. The number of aromatic nitrogens is 5. The highest BCUT2D eigenvalue weighted by Gasteiger charge is 2.23. The largest absolute Gasteiger partial charge is 0.348 e. The van der Waals surface area contributed by atoms with Crippen molar-refractivity contribution in [1.29, 1.82) is 0 Å². The van der Waals surface area contributed by atoms with Crippen LogP contribution >= 0.6 is 0 Å². The lowest BCUT2D eigenvalue weighted by molar-refractivity contribution is 0.0923. The summed E-state index contributed by atoms with van der Waals surface area (Å²) in [5.74, 6) is 1.20. The molecule has 3 aromatic rings. The first-order valence-electron chi connectivity index (χ1n) is 11.0. The maximum atomic E-state index is 12.9. The fourth-order valence-electron chi connectivity index (χ4n) is 3.99. The molecule has 1 amide bonds. The highest BCUT2D eigenvalue weighted by molar-refractivity contribution is 5.93. The van der Waals surface area contributed by atoms with Crippen molar-refractivity contribution in [2.24, 2.45) is 13.0 Å². The molecule has 2 aromatic heterocycles. The first-order chi connectivity index (χ1) is 14.9. The number of hydrogen-bond donors (Lipinski definition) is 1. The molecule has 8 heteroatoms. The molecule has 1 aromatic carbocycles. The van der Waals surface area contributed by atoms with Crippen LogP contribution in [0.1, 0.15) is 49.4 Å². The van der Waals surface area contributed by atoms with Gasteiger partial charge in [0.25, 0.3) is 5.91 Å². The van der Waals surface area contributed by atoms with Gasteiger partial charge in [-0.3, -0.25) is 14.0 Å². The van der Waals surface area contributed by atoms with E-state index in [-0.39, 0.29) is 17.6 Å².